The second-order valence-electron chi connectivity index (χ2n) is 3.70. The molecule has 1 aromatic rings. The van der Waals surface area contributed by atoms with Crippen LogP contribution < -0.4 is 5.73 Å². The molecule has 0 fully saturated rings. The third-order valence-corrected chi connectivity index (χ3v) is 3.30. The summed E-state index contributed by atoms with van der Waals surface area (Å²) in [5.41, 5.74) is 5.56. The molecular formula is C11H20N2OS. The van der Waals surface area contributed by atoms with Crippen LogP contribution in [0.25, 0.3) is 0 Å². The van der Waals surface area contributed by atoms with Gasteiger partial charge < -0.3 is 15.4 Å². The van der Waals surface area contributed by atoms with Crippen LogP contribution in [0, 0.1) is 0 Å². The van der Waals surface area contributed by atoms with Gasteiger partial charge in [-0.3, -0.25) is 0 Å². The third-order valence-electron chi connectivity index (χ3n) is 2.43. The predicted octanol–water partition coefficient (Wildman–Crippen LogP) is 1.54. The van der Waals surface area contributed by atoms with Crippen molar-refractivity contribution in [2.75, 3.05) is 27.2 Å². The highest BCUT2D eigenvalue weighted by Crippen LogP contribution is 2.11. The van der Waals surface area contributed by atoms with Gasteiger partial charge in [0.1, 0.15) is 0 Å². The van der Waals surface area contributed by atoms with E-state index in [1.165, 1.54) is 4.88 Å². The van der Waals surface area contributed by atoms with E-state index in [4.69, 9.17) is 10.5 Å². The quantitative estimate of drug-likeness (QED) is 0.769. The van der Waals surface area contributed by atoms with E-state index in [2.05, 4.69) is 29.5 Å². The normalized spacial score (nSPS) is 13.3. The molecule has 3 nitrogen and oxygen atoms in total. The Labute approximate surface area is 95.8 Å². The summed E-state index contributed by atoms with van der Waals surface area (Å²) in [6, 6.07) is 4.25. The standard InChI is InChI=1S/C11H20N2OS/c1-13(6-5-10(8-12)14-2)9-11-4-3-7-15-11/h3-4,7,10H,5-6,8-9,12H2,1-2H3. The van der Waals surface area contributed by atoms with Gasteiger partial charge in [0, 0.05) is 31.6 Å². The summed E-state index contributed by atoms with van der Waals surface area (Å²) in [7, 11) is 3.85. The molecule has 1 unspecified atom stereocenters. The Bertz CT molecular complexity index is 247. The SMILES string of the molecule is COC(CN)CCN(C)Cc1cccs1. The number of ether oxygens (including phenoxy) is 1. The molecule has 15 heavy (non-hydrogen) atoms. The van der Waals surface area contributed by atoms with Gasteiger partial charge in [0.05, 0.1) is 6.10 Å². The molecule has 0 amide bonds. The second-order valence-corrected chi connectivity index (χ2v) is 4.73. The predicted molar refractivity (Wildman–Crippen MR) is 65.1 cm³/mol. The van der Waals surface area contributed by atoms with Gasteiger partial charge >= 0.3 is 0 Å². The summed E-state index contributed by atoms with van der Waals surface area (Å²) >= 11 is 1.80. The Morgan fingerprint density at radius 3 is 2.93 bits per heavy atom. The van der Waals surface area contributed by atoms with Crippen molar-refractivity contribution in [3.05, 3.63) is 22.4 Å². The number of rotatable bonds is 7. The van der Waals surface area contributed by atoms with Crippen LogP contribution in [0.3, 0.4) is 0 Å². The number of hydrogen-bond acceptors (Lipinski definition) is 4. The fourth-order valence-electron chi connectivity index (χ4n) is 1.44. The van der Waals surface area contributed by atoms with Crippen molar-refractivity contribution in [3.63, 3.8) is 0 Å². The monoisotopic (exact) mass is 228 g/mol. The summed E-state index contributed by atoms with van der Waals surface area (Å²) in [6.07, 6.45) is 1.19. The van der Waals surface area contributed by atoms with E-state index < -0.39 is 0 Å². The highest BCUT2D eigenvalue weighted by Gasteiger charge is 2.07. The smallest absolute Gasteiger partial charge is 0.0705 e. The lowest BCUT2D eigenvalue weighted by atomic mass is 10.2. The molecule has 0 aromatic carbocycles. The molecule has 1 rings (SSSR count). The molecule has 2 N–H and O–H groups in total. The lowest BCUT2D eigenvalue weighted by Crippen LogP contribution is -2.28. The summed E-state index contributed by atoms with van der Waals surface area (Å²) < 4.78 is 5.24. The molecule has 0 aliphatic heterocycles. The molecule has 0 radical (unpaired) electrons. The summed E-state index contributed by atoms with van der Waals surface area (Å²) in [5, 5.41) is 2.11. The summed E-state index contributed by atoms with van der Waals surface area (Å²) in [4.78, 5) is 3.70. The van der Waals surface area contributed by atoms with Crippen molar-refractivity contribution in [1.82, 2.24) is 4.90 Å². The van der Waals surface area contributed by atoms with Crippen molar-refractivity contribution in [2.24, 2.45) is 5.73 Å². The van der Waals surface area contributed by atoms with Crippen molar-refractivity contribution in [1.29, 1.82) is 0 Å². The van der Waals surface area contributed by atoms with Gasteiger partial charge in [0.25, 0.3) is 0 Å². The maximum Gasteiger partial charge on any atom is 0.0705 e. The van der Waals surface area contributed by atoms with Crippen LogP contribution in [0.2, 0.25) is 0 Å². The summed E-state index contributed by atoms with van der Waals surface area (Å²) in [6.45, 7) is 2.63. The van der Waals surface area contributed by atoms with Crippen molar-refractivity contribution < 1.29 is 4.74 Å². The Morgan fingerprint density at radius 1 is 1.60 bits per heavy atom. The minimum Gasteiger partial charge on any atom is -0.380 e. The topological polar surface area (TPSA) is 38.5 Å². The molecule has 0 saturated heterocycles. The van der Waals surface area contributed by atoms with Crippen molar-refractivity contribution in [3.8, 4) is 0 Å². The molecule has 0 aliphatic carbocycles. The zero-order chi connectivity index (χ0) is 11.1. The Morgan fingerprint density at radius 2 is 2.40 bits per heavy atom. The Hall–Kier alpha value is -0.420. The van der Waals surface area contributed by atoms with Crippen LogP contribution in [0.4, 0.5) is 0 Å². The largest absolute Gasteiger partial charge is 0.380 e. The maximum atomic E-state index is 5.56. The zero-order valence-corrected chi connectivity index (χ0v) is 10.3. The van der Waals surface area contributed by atoms with E-state index >= 15 is 0 Å². The number of methoxy groups -OCH3 is 1. The number of nitrogens with two attached hydrogens (primary N) is 1. The Kier molecular flexibility index (Phi) is 5.86. The van der Waals surface area contributed by atoms with E-state index in [1.54, 1.807) is 18.4 Å². The van der Waals surface area contributed by atoms with E-state index in [0.29, 0.717) is 6.54 Å². The third kappa shape index (κ3) is 4.75. The van der Waals surface area contributed by atoms with E-state index in [-0.39, 0.29) is 6.10 Å². The van der Waals surface area contributed by atoms with Crippen LogP contribution >= 0.6 is 11.3 Å². The minimum absolute atomic E-state index is 0.191. The average molecular weight is 228 g/mol. The number of thiophene rings is 1. The van der Waals surface area contributed by atoms with Gasteiger partial charge in [-0.2, -0.15) is 0 Å². The van der Waals surface area contributed by atoms with Crippen LogP contribution in [0.5, 0.6) is 0 Å². The van der Waals surface area contributed by atoms with E-state index in [9.17, 15) is 0 Å². The first-order valence-electron chi connectivity index (χ1n) is 5.20. The molecule has 0 bridgehead atoms. The van der Waals surface area contributed by atoms with Crippen LogP contribution in [-0.2, 0) is 11.3 Å². The second kappa shape index (κ2) is 6.95. The van der Waals surface area contributed by atoms with Gasteiger partial charge in [-0.15, -0.1) is 11.3 Å². The summed E-state index contributed by atoms with van der Waals surface area (Å²) in [5.74, 6) is 0. The van der Waals surface area contributed by atoms with Gasteiger partial charge in [-0.25, -0.2) is 0 Å². The van der Waals surface area contributed by atoms with Crippen molar-refractivity contribution >= 4 is 11.3 Å². The van der Waals surface area contributed by atoms with E-state index in [0.717, 1.165) is 19.5 Å². The molecule has 0 aliphatic rings. The van der Waals surface area contributed by atoms with Crippen molar-refractivity contribution in [2.45, 2.75) is 19.1 Å². The number of hydrogen-bond donors (Lipinski definition) is 1. The van der Waals surface area contributed by atoms with Gasteiger partial charge in [0.15, 0.2) is 0 Å². The lowest BCUT2D eigenvalue weighted by molar-refractivity contribution is 0.0920. The van der Waals surface area contributed by atoms with Crippen LogP contribution in [0.15, 0.2) is 17.5 Å². The molecule has 0 spiro atoms. The van der Waals surface area contributed by atoms with Gasteiger partial charge in [0.2, 0.25) is 0 Å². The minimum atomic E-state index is 0.191. The highest BCUT2D eigenvalue weighted by atomic mass is 32.1. The van der Waals surface area contributed by atoms with E-state index in [1.807, 2.05) is 0 Å². The van der Waals surface area contributed by atoms with Crippen LogP contribution in [0.1, 0.15) is 11.3 Å². The fourth-order valence-corrected chi connectivity index (χ4v) is 2.23. The molecule has 1 aromatic heterocycles. The van der Waals surface area contributed by atoms with Crippen LogP contribution in [-0.4, -0.2) is 38.3 Å². The Balaban J connectivity index is 2.21. The van der Waals surface area contributed by atoms with Gasteiger partial charge in [-0.1, -0.05) is 6.07 Å². The average Bonchev–Trinajstić information content (AvgIpc) is 2.72. The first kappa shape index (κ1) is 12.6. The molecule has 1 atom stereocenters. The molecule has 0 saturated carbocycles. The molecule has 86 valence electrons. The molecular weight excluding hydrogens is 208 g/mol. The zero-order valence-electron chi connectivity index (χ0n) is 9.48. The molecule has 4 heteroatoms. The first-order valence-corrected chi connectivity index (χ1v) is 6.08. The van der Waals surface area contributed by atoms with Gasteiger partial charge in [-0.05, 0) is 24.9 Å². The first-order chi connectivity index (χ1) is 7.26. The highest BCUT2D eigenvalue weighted by molar-refractivity contribution is 7.09. The maximum absolute atomic E-state index is 5.56. The fraction of sp³-hybridized carbons (Fsp3) is 0.636. The molecule has 1 heterocycles. The number of nitrogens with zero attached hydrogens (tertiary/aromatic N) is 1. The lowest BCUT2D eigenvalue weighted by Gasteiger charge is -2.19.